The Hall–Kier alpha value is -2.93. The maximum atomic E-state index is 13.6. The number of hydrogen-bond donors (Lipinski definition) is 1. The minimum atomic E-state index is -4.39. The van der Waals surface area contributed by atoms with Crippen LogP contribution in [0, 0.1) is 0 Å². The van der Waals surface area contributed by atoms with Crippen LogP contribution in [0.25, 0.3) is 16.6 Å². The first kappa shape index (κ1) is 25.7. The first-order valence-corrected chi connectivity index (χ1v) is 12.8. The van der Waals surface area contributed by atoms with E-state index in [9.17, 15) is 13.2 Å². The van der Waals surface area contributed by atoms with Crippen molar-refractivity contribution in [1.82, 2.24) is 9.88 Å². The minimum Gasteiger partial charge on any atom is -0.361 e. The van der Waals surface area contributed by atoms with Gasteiger partial charge in [-0.05, 0) is 72.5 Å². The van der Waals surface area contributed by atoms with Crippen LogP contribution in [0.4, 0.5) is 18.9 Å². The van der Waals surface area contributed by atoms with Crippen LogP contribution in [0.2, 0.25) is 10.0 Å². The van der Waals surface area contributed by atoms with Gasteiger partial charge in [-0.25, -0.2) is 0 Å². The molecule has 0 bridgehead atoms. The fraction of sp³-hybridized carbons (Fsp3) is 0.241. The van der Waals surface area contributed by atoms with Crippen molar-refractivity contribution < 1.29 is 13.2 Å². The standard InChI is InChI=1S/C29H26Cl2F3N3/c1-36(28-24(30)9-4-10-25(28)31)27(20-11-12-26-19(16-20)13-14-35-26)22-7-5-15-37(18-22)17-21-6-2-3-8-23(21)29(32,33)34/h2-4,6,8-14,16,35H,5,7,15,17-18H2,1H3/b27-22+. The van der Waals surface area contributed by atoms with Gasteiger partial charge in [0.25, 0.3) is 0 Å². The van der Waals surface area contributed by atoms with Gasteiger partial charge in [0.15, 0.2) is 0 Å². The van der Waals surface area contributed by atoms with Crippen LogP contribution in [0.5, 0.6) is 0 Å². The predicted octanol–water partition coefficient (Wildman–Crippen LogP) is 8.64. The molecule has 1 fully saturated rings. The average molecular weight is 544 g/mol. The van der Waals surface area contributed by atoms with Gasteiger partial charge in [0.2, 0.25) is 0 Å². The molecule has 0 amide bonds. The Kier molecular flexibility index (Phi) is 7.26. The largest absolute Gasteiger partial charge is 0.416 e. The second-order valence-electron chi connectivity index (χ2n) is 9.33. The molecule has 4 aromatic rings. The fourth-order valence-corrected chi connectivity index (χ4v) is 5.86. The number of H-pyrrole nitrogens is 1. The second kappa shape index (κ2) is 10.4. The third kappa shape index (κ3) is 5.37. The van der Waals surface area contributed by atoms with E-state index < -0.39 is 11.7 Å². The van der Waals surface area contributed by atoms with Gasteiger partial charge in [0.1, 0.15) is 0 Å². The lowest BCUT2D eigenvalue weighted by Gasteiger charge is -2.34. The molecule has 1 saturated heterocycles. The summed E-state index contributed by atoms with van der Waals surface area (Å²) in [5.41, 5.74) is 4.52. The van der Waals surface area contributed by atoms with Crippen molar-refractivity contribution in [3.63, 3.8) is 0 Å². The summed E-state index contributed by atoms with van der Waals surface area (Å²) in [5.74, 6) is 0. The Morgan fingerprint density at radius 1 is 1.00 bits per heavy atom. The van der Waals surface area contributed by atoms with Crippen molar-refractivity contribution in [3.8, 4) is 0 Å². The van der Waals surface area contributed by atoms with Crippen molar-refractivity contribution in [1.29, 1.82) is 0 Å². The Morgan fingerprint density at radius 2 is 1.76 bits per heavy atom. The lowest BCUT2D eigenvalue weighted by molar-refractivity contribution is -0.138. The van der Waals surface area contributed by atoms with E-state index in [-0.39, 0.29) is 12.1 Å². The molecule has 2 heterocycles. The van der Waals surface area contributed by atoms with E-state index in [0.717, 1.165) is 53.2 Å². The molecule has 8 heteroatoms. The molecule has 192 valence electrons. The normalized spacial score (nSPS) is 16.3. The number of aromatic nitrogens is 1. The minimum absolute atomic E-state index is 0.222. The Morgan fingerprint density at radius 3 is 2.51 bits per heavy atom. The summed E-state index contributed by atoms with van der Waals surface area (Å²) in [4.78, 5) is 7.32. The molecule has 1 aliphatic heterocycles. The molecule has 5 rings (SSSR count). The number of para-hydroxylation sites is 1. The SMILES string of the molecule is CN(/C(=C1\CCCN(Cc2ccccc2C(F)(F)F)C1)c1ccc2[nH]ccc2c1)c1c(Cl)cccc1Cl. The smallest absolute Gasteiger partial charge is 0.361 e. The van der Waals surface area contributed by atoms with Gasteiger partial charge in [-0.3, -0.25) is 4.90 Å². The van der Waals surface area contributed by atoms with Crippen molar-refractivity contribution in [2.24, 2.45) is 0 Å². The number of anilines is 1. The highest BCUT2D eigenvalue weighted by molar-refractivity contribution is 6.39. The lowest BCUT2D eigenvalue weighted by Crippen LogP contribution is -2.33. The number of fused-ring (bicyclic) bond motifs is 1. The van der Waals surface area contributed by atoms with Crippen LogP contribution in [0.15, 0.2) is 78.5 Å². The summed E-state index contributed by atoms with van der Waals surface area (Å²) in [7, 11) is 1.94. The molecule has 0 aliphatic carbocycles. The average Bonchev–Trinajstić information content (AvgIpc) is 3.32. The van der Waals surface area contributed by atoms with Crippen molar-refractivity contribution in [2.45, 2.75) is 25.6 Å². The maximum Gasteiger partial charge on any atom is 0.416 e. The van der Waals surface area contributed by atoms with Gasteiger partial charge in [0, 0.05) is 42.9 Å². The summed E-state index contributed by atoms with van der Waals surface area (Å²) < 4.78 is 40.9. The number of halogens is 5. The number of likely N-dealkylation sites (tertiary alicyclic amines) is 1. The third-order valence-electron chi connectivity index (χ3n) is 6.85. The predicted molar refractivity (Wildman–Crippen MR) is 146 cm³/mol. The molecule has 0 atom stereocenters. The van der Waals surface area contributed by atoms with E-state index in [1.807, 2.05) is 30.3 Å². The van der Waals surface area contributed by atoms with E-state index in [2.05, 4.69) is 22.0 Å². The Labute approximate surface area is 224 Å². The second-order valence-corrected chi connectivity index (χ2v) is 10.1. The Balaban J connectivity index is 1.57. The number of nitrogens with one attached hydrogen (secondary N) is 1. The zero-order valence-corrected chi connectivity index (χ0v) is 21.8. The number of rotatable bonds is 5. The molecular formula is C29H26Cl2F3N3. The van der Waals surface area contributed by atoms with E-state index in [1.165, 1.54) is 6.07 Å². The van der Waals surface area contributed by atoms with Gasteiger partial charge in [-0.1, -0.05) is 53.5 Å². The van der Waals surface area contributed by atoms with E-state index in [4.69, 9.17) is 23.2 Å². The fourth-order valence-electron chi connectivity index (χ4n) is 5.20. The quantitative estimate of drug-likeness (QED) is 0.272. The maximum absolute atomic E-state index is 13.6. The molecular weight excluding hydrogens is 518 g/mol. The number of alkyl halides is 3. The van der Waals surface area contributed by atoms with Crippen LogP contribution in [0.3, 0.4) is 0 Å². The number of piperidine rings is 1. The highest BCUT2D eigenvalue weighted by Gasteiger charge is 2.33. The summed E-state index contributed by atoms with van der Waals surface area (Å²) in [6, 6.07) is 19.5. The summed E-state index contributed by atoms with van der Waals surface area (Å²) in [6.45, 7) is 1.48. The van der Waals surface area contributed by atoms with Crippen LogP contribution in [-0.2, 0) is 12.7 Å². The molecule has 0 spiro atoms. The number of benzene rings is 3. The van der Waals surface area contributed by atoms with E-state index in [1.54, 1.807) is 30.3 Å². The number of aromatic amines is 1. The molecule has 1 aromatic heterocycles. The van der Waals surface area contributed by atoms with Gasteiger partial charge in [-0.15, -0.1) is 0 Å². The van der Waals surface area contributed by atoms with Crippen LogP contribution < -0.4 is 4.90 Å². The lowest BCUT2D eigenvalue weighted by atomic mass is 9.96. The zero-order chi connectivity index (χ0) is 26.2. The summed E-state index contributed by atoms with van der Waals surface area (Å²) in [6.07, 6.45) is -0.826. The van der Waals surface area contributed by atoms with Crippen molar-refractivity contribution in [2.75, 3.05) is 25.0 Å². The highest BCUT2D eigenvalue weighted by Crippen LogP contribution is 2.40. The molecule has 1 N–H and O–H groups in total. The summed E-state index contributed by atoms with van der Waals surface area (Å²) >= 11 is 13.2. The summed E-state index contributed by atoms with van der Waals surface area (Å²) in [5, 5.41) is 2.13. The highest BCUT2D eigenvalue weighted by atomic mass is 35.5. The van der Waals surface area contributed by atoms with Gasteiger partial charge in [-0.2, -0.15) is 13.2 Å². The zero-order valence-electron chi connectivity index (χ0n) is 20.2. The molecule has 0 radical (unpaired) electrons. The first-order chi connectivity index (χ1) is 17.7. The van der Waals surface area contributed by atoms with Gasteiger partial charge in [0.05, 0.1) is 21.3 Å². The monoisotopic (exact) mass is 543 g/mol. The van der Waals surface area contributed by atoms with Gasteiger partial charge < -0.3 is 9.88 Å². The van der Waals surface area contributed by atoms with Gasteiger partial charge >= 0.3 is 6.18 Å². The topological polar surface area (TPSA) is 22.3 Å². The molecule has 3 aromatic carbocycles. The number of hydrogen-bond acceptors (Lipinski definition) is 2. The number of nitrogens with zero attached hydrogens (tertiary/aromatic N) is 2. The third-order valence-corrected chi connectivity index (χ3v) is 7.46. The molecule has 0 saturated carbocycles. The molecule has 3 nitrogen and oxygen atoms in total. The van der Waals surface area contributed by atoms with E-state index >= 15 is 0 Å². The molecule has 0 unspecified atom stereocenters. The van der Waals surface area contributed by atoms with Crippen molar-refractivity contribution in [3.05, 3.63) is 105 Å². The Bertz CT molecular complexity index is 1440. The van der Waals surface area contributed by atoms with Crippen LogP contribution in [-0.4, -0.2) is 30.0 Å². The van der Waals surface area contributed by atoms with Crippen molar-refractivity contribution >= 4 is 45.5 Å². The molecule has 1 aliphatic rings. The first-order valence-electron chi connectivity index (χ1n) is 12.1. The molecule has 37 heavy (non-hydrogen) atoms. The van der Waals surface area contributed by atoms with Crippen LogP contribution in [0.1, 0.15) is 29.5 Å². The van der Waals surface area contributed by atoms with Crippen LogP contribution >= 0.6 is 23.2 Å². The van der Waals surface area contributed by atoms with E-state index in [0.29, 0.717) is 22.3 Å².